The third kappa shape index (κ3) is 3.14. The van der Waals surface area contributed by atoms with Crippen LogP contribution < -0.4 is 17.0 Å². The van der Waals surface area contributed by atoms with Crippen molar-refractivity contribution in [3.63, 3.8) is 0 Å². The molecular weight excluding hydrogens is 212 g/mol. The first-order valence-electron chi connectivity index (χ1n) is 3.43. The molecule has 0 spiro atoms. The van der Waals surface area contributed by atoms with Gasteiger partial charge in [0.25, 0.3) is 0 Å². The first kappa shape index (κ1) is 11.5. The fraction of sp³-hybridized carbons (Fsp3) is 0.333. The Bertz CT molecular complexity index is 194. The van der Waals surface area contributed by atoms with Gasteiger partial charge in [-0.1, -0.05) is 0 Å². The molecule has 1 aromatic rings. The molecule has 1 aliphatic carbocycles. The van der Waals surface area contributed by atoms with Gasteiger partial charge in [0.15, 0.2) is 0 Å². The van der Waals surface area contributed by atoms with Crippen molar-refractivity contribution in [1.29, 1.82) is 0 Å². The van der Waals surface area contributed by atoms with Crippen molar-refractivity contribution in [3.8, 4) is 0 Å². The molecule has 0 heterocycles. The van der Waals surface area contributed by atoms with Gasteiger partial charge in [0.05, 0.1) is 0 Å². The van der Waals surface area contributed by atoms with E-state index in [1.807, 2.05) is 12.1 Å². The minimum absolute atomic E-state index is 0. The molecule has 1 saturated carbocycles. The van der Waals surface area contributed by atoms with Crippen LogP contribution in [0.3, 0.4) is 0 Å². The maximum absolute atomic E-state index is 3.02. The number of halogens is 1. The second kappa shape index (κ2) is 5.17. The minimum Gasteiger partial charge on any atom is -1.00 e. The van der Waals surface area contributed by atoms with Crippen LogP contribution in [0.15, 0.2) is 24.3 Å². The molecule has 0 saturated heterocycles. The zero-order valence-corrected chi connectivity index (χ0v) is 9.39. The van der Waals surface area contributed by atoms with E-state index in [2.05, 4.69) is 18.2 Å². The van der Waals surface area contributed by atoms with Crippen molar-refractivity contribution in [2.45, 2.75) is 18.8 Å². The molecule has 1 aromatic carbocycles. The van der Waals surface area contributed by atoms with Crippen LogP contribution in [0, 0.1) is 6.07 Å². The SMILES string of the molecule is [Br-].[Mg+2].[c-]1ccc(C2CC2)cc1. The molecule has 0 aromatic heterocycles. The van der Waals surface area contributed by atoms with Crippen LogP contribution in [0.1, 0.15) is 24.3 Å². The maximum Gasteiger partial charge on any atom is 2.00 e. The molecule has 11 heavy (non-hydrogen) atoms. The van der Waals surface area contributed by atoms with E-state index in [9.17, 15) is 0 Å². The van der Waals surface area contributed by atoms with Crippen LogP contribution in [0.2, 0.25) is 0 Å². The van der Waals surface area contributed by atoms with E-state index < -0.39 is 0 Å². The Morgan fingerprint density at radius 2 is 1.73 bits per heavy atom. The molecule has 0 unspecified atom stereocenters. The van der Waals surface area contributed by atoms with Gasteiger partial charge in [-0.25, -0.2) is 0 Å². The maximum atomic E-state index is 3.02. The fourth-order valence-corrected chi connectivity index (χ4v) is 1.09. The molecule has 0 atom stereocenters. The van der Waals surface area contributed by atoms with Gasteiger partial charge in [0.1, 0.15) is 0 Å². The summed E-state index contributed by atoms with van der Waals surface area (Å²) in [5.41, 5.74) is 1.49. The van der Waals surface area contributed by atoms with Crippen molar-refractivity contribution in [3.05, 3.63) is 35.9 Å². The van der Waals surface area contributed by atoms with Crippen LogP contribution in [-0.4, -0.2) is 23.1 Å². The Morgan fingerprint density at radius 1 is 1.18 bits per heavy atom. The summed E-state index contributed by atoms with van der Waals surface area (Å²) >= 11 is 0. The van der Waals surface area contributed by atoms with E-state index in [-0.39, 0.29) is 40.0 Å². The van der Waals surface area contributed by atoms with Crippen molar-refractivity contribution in [2.24, 2.45) is 0 Å². The zero-order valence-electron chi connectivity index (χ0n) is 6.39. The quantitative estimate of drug-likeness (QED) is 0.421. The van der Waals surface area contributed by atoms with Gasteiger partial charge in [-0.15, -0.1) is 0 Å². The number of rotatable bonds is 1. The van der Waals surface area contributed by atoms with Crippen molar-refractivity contribution >= 4 is 23.1 Å². The van der Waals surface area contributed by atoms with Crippen LogP contribution in [0.25, 0.3) is 0 Å². The van der Waals surface area contributed by atoms with Crippen molar-refractivity contribution in [1.82, 2.24) is 0 Å². The van der Waals surface area contributed by atoms with Gasteiger partial charge in [-0.2, -0.15) is 35.9 Å². The smallest absolute Gasteiger partial charge is 1.00 e. The molecule has 0 N–H and O–H groups in total. The standard InChI is InChI=1S/C9H9.BrH.Mg/c1-2-4-8(5-3-1)9-6-7-9;;/h2-5,9H,6-7H2;1H;/q-1;;+2/p-1. The number of hydrogen-bond donors (Lipinski definition) is 0. The molecule has 1 aliphatic rings. The predicted octanol–water partition coefficient (Wildman–Crippen LogP) is -1.01. The Kier molecular flexibility index (Phi) is 5.39. The van der Waals surface area contributed by atoms with Crippen LogP contribution >= 0.6 is 0 Å². The first-order valence-corrected chi connectivity index (χ1v) is 3.43. The van der Waals surface area contributed by atoms with E-state index in [1.165, 1.54) is 18.4 Å². The molecule has 54 valence electrons. The van der Waals surface area contributed by atoms with Gasteiger partial charge in [0.2, 0.25) is 0 Å². The van der Waals surface area contributed by atoms with E-state index >= 15 is 0 Å². The van der Waals surface area contributed by atoms with Crippen LogP contribution in [-0.2, 0) is 0 Å². The Labute approximate surface area is 94.3 Å². The Morgan fingerprint density at radius 3 is 2.18 bits per heavy atom. The third-order valence-corrected chi connectivity index (χ3v) is 1.79. The molecule has 0 amide bonds. The zero-order chi connectivity index (χ0) is 6.10. The van der Waals surface area contributed by atoms with E-state index in [4.69, 9.17) is 0 Å². The topological polar surface area (TPSA) is 0 Å². The van der Waals surface area contributed by atoms with Crippen LogP contribution in [0.4, 0.5) is 0 Å². The largest absolute Gasteiger partial charge is 2.00 e. The summed E-state index contributed by atoms with van der Waals surface area (Å²) < 4.78 is 0. The van der Waals surface area contributed by atoms with E-state index in [1.54, 1.807) is 0 Å². The normalized spacial score (nSPS) is 14.5. The summed E-state index contributed by atoms with van der Waals surface area (Å²) in [4.78, 5) is 0. The molecule has 0 bridgehead atoms. The summed E-state index contributed by atoms with van der Waals surface area (Å²) in [5, 5.41) is 0. The average molecular weight is 221 g/mol. The second-order valence-corrected chi connectivity index (χ2v) is 2.61. The summed E-state index contributed by atoms with van der Waals surface area (Å²) in [5.74, 6) is 0.889. The Balaban J connectivity index is 0.000000500. The molecule has 1 fully saturated rings. The number of benzene rings is 1. The molecule has 2 heteroatoms. The summed E-state index contributed by atoms with van der Waals surface area (Å²) in [6.45, 7) is 0. The molecular formula is C9H9BrMg. The summed E-state index contributed by atoms with van der Waals surface area (Å²) in [7, 11) is 0. The first-order chi connectivity index (χ1) is 4.47. The fourth-order valence-electron chi connectivity index (χ4n) is 1.09. The molecule has 0 aliphatic heterocycles. The monoisotopic (exact) mass is 220 g/mol. The summed E-state index contributed by atoms with van der Waals surface area (Å²) in [6.07, 6.45) is 2.79. The van der Waals surface area contributed by atoms with Gasteiger partial charge < -0.3 is 17.0 Å². The minimum atomic E-state index is 0. The van der Waals surface area contributed by atoms with E-state index in [0.717, 1.165) is 5.92 Å². The Hall–Kier alpha value is 0.466. The molecule has 0 radical (unpaired) electrons. The van der Waals surface area contributed by atoms with Gasteiger partial charge in [-0.05, 0) is 18.8 Å². The second-order valence-electron chi connectivity index (χ2n) is 2.61. The van der Waals surface area contributed by atoms with Crippen LogP contribution in [0.5, 0.6) is 0 Å². The van der Waals surface area contributed by atoms with Gasteiger partial charge in [-0.3, -0.25) is 0 Å². The predicted molar refractivity (Wildman–Crippen MR) is 43.0 cm³/mol. The van der Waals surface area contributed by atoms with Crippen molar-refractivity contribution in [2.75, 3.05) is 0 Å². The van der Waals surface area contributed by atoms with Gasteiger partial charge >= 0.3 is 23.1 Å². The molecule has 0 nitrogen and oxygen atoms in total. The summed E-state index contributed by atoms with van der Waals surface area (Å²) in [6, 6.07) is 11.3. The molecule has 2 rings (SSSR count). The van der Waals surface area contributed by atoms with Crippen molar-refractivity contribution < 1.29 is 17.0 Å². The number of hydrogen-bond acceptors (Lipinski definition) is 0. The third-order valence-electron chi connectivity index (χ3n) is 1.79. The van der Waals surface area contributed by atoms with E-state index in [0.29, 0.717) is 0 Å². The average Bonchev–Trinajstić information content (AvgIpc) is 2.71. The van der Waals surface area contributed by atoms with Gasteiger partial charge in [0, 0.05) is 0 Å².